The first-order chi connectivity index (χ1) is 11.3. The summed E-state index contributed by atoms with van der Waals surface area (Å²) in [6.45, 7) is 6.04. The summed E-state index contributed by atoms with van der Waals surface area (Å²) in [7, 11) is 0. The van der Waals surface area contributed by atoms with Crippen LogP contribution in [0.4, 0.5) is 0 Å². The molecular formula is C18H25N3O2. The fraction of sp³-hybridized carbons (Fsp3) is 0.667. The van der Waals surface area contributed by atoms with Crippen LogP contribution in [0.2, 0.25) is 0 Å². The quantitative estimate of drug-likeness (QED) is 0.835. The molecule has 0 N–H and O–H groups in total. The zero-order valence-electron chi connectivity index (χ0n) is 13.6. The van der Waals surface area contributed by atoms with Gasteiger partial charge in [0.15, 0.2) is 0 Å². The highest BCUT2D eigenvalue weighted by Gasteiger charge is 2.24. The molecule has 5 heteroatoms. The van der Waals surface area contributed by atoms with Gasteiger partial charge in [-0.3, -0.25) is 0 Å². The Morgan fingerprint density at radius 3 is 3.00 bits per heavy atom. The molecule has 2 aliphatic rings. The van der Waals surface area contributed by atoms with Crippen molar-refractivity contribution < 1.29 is 9.47 Å². The number of piperidine rings is 1. The normalized spacial score (nSPS) is 23.3. The van der Waals surface area contributed by atoms with Crippen LogP contribution in [0, 0.1) is 23.2 Å². The Morgan fingerprint density at radius 2 is 2.17 bits per heavy atom. The predicted molar refractivity (Wildman–Crippen MR) is 87.2 cm³/mol. The maximum Gasteiger partial charge on any atom is 0.214 e. The Bertz CT molecular complexity index is 537. The first kappa shape index (κ1) is 16.2. The maximum atomic E-state index is 8.92. The molecule has 1 unspecified atom stereocenters. The minimum Gasteiger partial charge on any atom is -0.477 e. The van der Waals surface area contributed by atoms with Gasteiger partial charge >= 0.3 is 0 Å². The topological polar surface area (TPSA) is 58.4 Å². The van der Waals surface area contributed by atoms with Crippen LogP contribution in [0.25, 0.3) is 0 Å². The van der Waals surface area contributed by atoms with Crippen LogP contribution in [-0.2, 0) is 4.74 Å². The van der Waals surface area contributed by atoms with Crippen LogP contribution in [0.15, 0.2) is 18.3 Å². The Kier molecular flexibility index (Phi) is 5.84. The molecule has 1 aromatic rings. The summed E-state index contributed by atoms with van der Waals surface area (Å²) < 4.78 is 11.3. The third-order valence-corrected chi connectivity index (χ3v) is 4.79. The highest BCUT2D eigenvalue weighted by Crippen LogP contribution is 2.22. The largest absolute Gasteiger partial charge is 0.477 e. The molecule has 0 bridgehead atoms. The maximum absolute atomic E-state index is 8.92. The monoisotopic (exact) mass is 315 g/mol. The fourth-order valence-electron chi connectivity index (χ4n) is 3.51. The third-order valence-electron chi connectivity index (χ3n) is 4.79. The molecular weight excluding hydrogens is 290 g/mol. The fourth-order valence-corrected chi connectivity index (χ4v) is 3.51. The van der Waals surface area contributed by atoms with E-state index in [-0.39, 0.29) is 0 Å². The van der Waals surface area contributed by atoms with Gasteiger partial charge in [-0.25, -0.2) is 4.98 Å². The Hall–Kier alpha value is -1.64. The first-order valence-corrected chi connectivity index (χ1v) is 8.62. The predicted octanol–water partition coefficient (Wildman–Crippen LogP) is 2.47. The van der Waals surface area contributed by atoms with E-state index in [4.69, 9.17) is 14.7 Å². The molecule has 0 aromatic carbocycles. The summed E-state index contributed by atoms with van der Waals surface area (Å²) in [6.07, 6.45) is 6.47. The zero-order valence-corrected chi connectivity index (χ0v) is 13.6. The van der Waals surface area contributed by atoms with Gasteiger partial charge in [0.2, 0.25) is 5.88 Å². The molecule has 124 valence electrons. The molecule has 0 radical (unpaired) electrons. The number of ether oxygens (including phenoxy) is 2. The second kappa shape index (κ2) is 8.28. The van der Waals surface area contributed by atoms with Crippen molar-refractivity contribution in [1.29, 1.82) is 5.26 Å². The van der Waals surface area contributed by atoms with E-state index in [0.717, 1.165) is 25.7 Å². The van der Waals surface area contributed by atoms with Crippen LogP contribution in [0.1, 0.15) is 31.2 Å². The minimum absolute atomic E-state index is 0.552. The van der Waals surface area contributed by atoms with Gasteiger partial charge < -0.3 is 14.4 Å². The molecule has 3 rings (SSSR count). The third kappa shape index (κ3) is 4.92. The lowest BCUT2D eigenvalue weighted by atomic mass is 9.95. The van der Waals surface area contributed by atoms with Gasteiger partial charge in [-0.05, 0) is 44.2 Å². The standard InChI is InChI=1S/C18H25N3O2/c19-11-16-3-6-20-18(10-16)23-14-17-2-1-7-21(13-17)12-15-4-8-22-9-5-15/h3,6,10,15,17H,1-2,4-5,7-9,12-14H2. The minimum atomic E-state index is 0.552. The van der Waals surface area contributed by atoms with Crippen molar-refractivity contribution in [3.05, 3.63) is 23.9 Å². The van der Waals surface area contributed by atoms with Gasteiger partial charge in [-0.1, -0.05) is 0 Å². The second-order valence-electron chi connectivity index (χ2n) is 6.63. The molecule has 3 heterocycles. The van der Waals surface area contributed by atoms with E-state index in [0.29, 0.717) is 24.0 Å². The lowest BCUT2D eigenvalue weighted by molar-refractivity contribution is 0.0416. The number of hydrogen-bond donors (Lipinski definition) is 0. The van der Waals surface area contributed by atoms with E-state index in [1.165, 1.54) is 38.8 Å². The molecule has 23 heavy (non-hydrogen) atoms. The number of likely N-dealkylation sites (tertiary alicyclic amines) is 1. The Labute approximate surface area is 138 Å². The van der Waals surface area contributed by atoms with E-state index < -0.39 is 0 Å². The summed E-state index contributed by atoms with van der Waals surface area (Å²) >= 11 is 0. The van der Waals surface area contributed by atoms with E-state index >= 15 is 0 Å². The van der Waals surface area contributed by atoms with E-state index in [1.54, 1.807) is 18.3 Å². The average Bonchev–Trinajstić information content (AvgIpc) is 2.61. The lowest BCUT2D eigenvalue weighted by Crippen LogP contribution is -2.41. The summed E-state index contributed by atoms with van der Waals surface area (Å²) in [4.78, 5) is 6.77. The zero-order chi connectivity index (χ0) is 15.9. The molecule has 0 amide bonds. The van der Waals surface area contributed by atoms with Gasteiger partial charge in [-0.15, -0.1) is 0 Å². The molecule has 1 atom stereocenters. The van der Waals surface area contributed by atoms with Gasteiger partial charge in [0.05, 0.1) is 18.2 Å². The Balaban J connectivity index is 1.45. The van der Waals surface area contributed by atoms with E-state index in [9.17, 15) is 0 Å². The first-order valence-electron chi connectivity index (χ1n) is 8.62. The van der Waals surface area contributed by atoms with Crippen LogP contribution >= 0.6 is 0 Å². The summed E-state index contributed by atoms with van der Waals surface area (Å²) in [6, 6.07) is 5.53. The average molecular weight is 315 g/mol. The van der Waals surface area contributed by atoms with Crippen LogP contribution in [0.5, 0.6) is 5.88 Å². The molecule has 0 aliphatic carbocycles. The number of aromatic nitrogens is 1. The van der Waals surface area contributed by atoms with Crippen LogP contribution < -0.4 is 4.74 Å². The number of nitrogens with zero attached hydrogens (tertiary/aromatic N) is 3. The van der Waals surface area contributed by atoms with Gasteiger partial charge in [0.1, 0.15) is 0 Å². The second-order valence-corrected chi connectivity index (χ2v) is 6.63. The van der Waals surface area contributed by atoms with Crippen molar-refractivity contribution in [3.8, 4) is 11.9 Å². The molecule has 0 spiro atoms. The van der Waals surface area contributed by atoms with Gasteiger partial charge in [-0.2, -0.15) is 5.26 Å². The molecule has 1 aromatic heterocycles. The molecule has 0 saturated carbocycles. The lowest BCUT2D eigenvalue weighted by Gasteiger charge is -2.35. The molecule has 2 fully saturated rings. The summed E-state index contributed by atoms with van der Waals surface area (Å²) in [5.74, 6) is 1.90. The van der Waals surface area contributed by atoms with Crippen molar-refractivity contribution in [3.63, 3.8) is 0 Å². The number of pyridine rings is 1. The van der Waals surface area contributed by atoms with Crippen molar-refractivity contribution >= 4 is 0 Å². The number of hydrogen-bond acceptors (Lipinski definition) is 5. The van der Waals surface area contributed by atoms with Crippen molar-refractivity contribution in [2.45, 2.75) is 25.7 Å². The Morgan fingerprint density at radius 1 is 1.30 bits per heavy atom. The van der Waals surface area contributed by atoms with Crippen molar-refractivity contribution in [2.75, 3.05) is 39.5 Å². The van der Waals surface area contributed by atoms with Crippen LogP contribution in [-0.4, -0.2) is 49.3 Å². The van der Waals surface area contributed by atoms with Gasteiger partial charge in [0.25, 0.3) is 0 Å². The van der Waals surface area contributed by atoms with Gasteiger partial charge in [0, 0.05) is 44.5 Å². The number of rotatable bonds is 5. The molecule has 5 nitrogen and oxygen atoms in total. The van der Waals surface area contributed by atoms with E-state index in [2.05, 4.69) is 16.0 Å². The van der Waals surface area contributed by atoms with Crippen molar-refractivity contribution in [2.24, 2.45) is 11.8 Å². The van der Waals surface area contributed by atoms with E-state index in [1.807, 2.05) is 0 Å². The molecule has 2 aliphatic heterocycles. The summed E-state index contributed by atoms with van der Waals surface area (Å²) in [5.41, 5.74) is 0.597. The molecule has 2 saturated heterocycles. The van der Waals surface area contributed by atoms with Crippen LogP contribution in [0.3, 0.4) is 0 Å². The smallest absolute Gasteiger partial charge is 0.214 e. The van der Waals surface area contributed by atoms with Crippen molar-refractivity contribution in [1.82, 2.24) is 9.88 Å². The highest BCUT2D eigenvalue weighted by molar-refractivity contribution is 5.31. The summed E-state index contributed by atoms with van der Waals surface area (Å²) in [5, 5.41) is 8.92. The number of nitriles is 1. The highest BCUT2D eigenvalue weighted by atomic mass is 16.5. The SMILES string of the molecule is N#Cc1ccnc(OCC2CCCN(CC3CCOCC3)C2)c1.